The van der Waals surface area contributed by atoms with Crippen LogP contribution in [0, 0.1) is 3.57 Å². The lowest BCUT2D eigenvalue weighted by Gasteiger charge is -2.07. The first-order valence-electron chi connectivity index (χ1n) is 4.32. The van der Waals surface area contributed by atoms with Crippen LogP contribution in [0.15, 0.2) is 17.5 Å². The van der Waals surface area contributed by atoms with E-state index in [1.807, 2.05) is 19.1 Å². The van der Waals surface area contributed by atoms with E-state index in [0.717, 1.165) is 16.1 Å². The summed E-state index contributed by atoms with van der Waals surface area (Å²) in [4.78, 5) is 0. The van der Waals surface area contributed by atoms with Crippen molar-refractivity contribution < 1.29 is 4.74 Å². The van der Waals surface area contributed by atoms with Gasteiger partial charge in [0.1, 0.15) is 0 Å². The van der Waals surface area contributed by atoms with E-state index in [2.05, 4.69) is 28.0 Å². The molecule has 0 unspecified atom stereocenters. The smallest absolute Gasteiger partial charge is 0.159 e. The van der Waals surface area contributed by atoms with Crippen LogP contribution in [0.3, 0.4) is 0 Å². The van der Waals surface area contributed by atoms with Crippen LogP contribution in [-0.4, -0.2) is 6.61 Å². The van der Waals surface area contributed by atoms with Gasteiger partial charge in [0.15, 0.2) is 5.75 Å². The molecule has 1 aromatic carbocycles. The van der Waals surface area contributed by atoms with Crippen LogP contribution in [0.5, 0.6) is 5.75 Å². The van der Waals surface area contributed by atoms with Gasteiger partial charge in [0, 0.05) is 14.3 Å². The second-order valence-electron chi connectivity index (χ2n) is 2.88. The van der Waals surface area contributed by atoms with Crippen molar-refractivity contribution in [3.63, 3.8) is 0 Å². The van der Waals surface area contributed by atoms with Crippen LogP contribution in [0.25, 0.3) is 10.1 Å². The summed E-state index contributed by atoms with van der Waals surface area (Å²) in [5.41, 5.74) is 6.58. The minimum atomic E-state index is 0.651. The van der Waals surface area contributed by atoms with E-state index in [9.17, 15) is 0 Å². The van der Waals surface area contributed by atoms with Crippen LogP contribution in [0.4, 0.5) is 5.69 Å². The summed E-state index contributed by atoms with van der Waals surface area (Å²) < 4.78 is 7.95. The molecule has 1 heterocycles. The molecule has 0 saturated heterocycles. The minimum Gasteiger partial charge on any atom is -0.490 e. The average molecular weight is 319 g/mol. The number of nitrogens with two attached hydrogens (primary N) is 1. The maximum atomic E-state index is 5.86. The first-order chi connectivity index (χ1) is 6.74. The number of ether oxygens (including phenoxy) is 1. The van der Waals surface area contributed by atoms with Crippen molar-refractivity contribution in [3.8, 4) is 5.75 Å². The van der Waals surface area contributed by atoms with Gasteiger partial charge in [-0.25, -0.2) is 0 Å². The lowest BCUT2D eigenvalue weighted by Crippen LogP contribution is -1.96. The normalized spacial score (nSPS) is 10.7. The standard InChI is InChI=1S/C10H10INOS/c1-2-13-9-8(12)4-3-6-7(11)5-14-10(6)9/h3-5H,2,12H2,1H3. The van der Waals surface area contributed by atoms with Crippen molar-refractivity contribution in [2.75, 3.05) is 12.3 Å². The van der Waals surface area contributed by atoms with Gasteiger partial charge in [-0.15, -0.1) is 11.3 Å². The Morgan fingerprint density at radius 3 is 3.00 bits per heavy atom. The molecule has 2 N–H and O–H groups in total. The molecular formula is C10H10INOS. The third-order valence-corrected chi connectivity index (χ3v) is 4.28. The summed E-state index contributed by atoms with van der Waals surface area (Å²) in [6, 6.07) is 3.95. The molecule has 0 aliphatic rings. The predicted molar refractivity (Wildman–Crippen MR) is 70.1 cm³/mol. The molecule has 0 amide bonds. The summed E-state index contributed by atoms with van der Waals surface area (Å²) in [6.45, 7) is 2.62. The van der Waals surface area contributed by atoms with Crippen LogP contribution < -0.4 is 10.5 Å². The lowest BCUT2D eigenvalue weighted by atomic mass is 10.2. The Hall–Kier alpha value is -0.490. The predicted octanol–water partition coefficient (Wildman–Crippen LogP) is 3.49. The van der Waals surface area contributed by atoms with Gasteiger partial charge in [-0.05, 0) is 35.6 Å². The quantitative estimate of drug-likeness (QED) is 0.679. The largest absolute Gasteiger partial charge is 0.490 e. The lowest BCUT2D eigenvalue weighted by molar-refractivity contribution is 0.346. The van der Waals surface area contributed by atoms with E-state index in [1.165, 1.54) is 8.96 Å². The van der Waals surface area contributed by atoms with Crippen molar-refractivity contribution in [1.29, 1.82) is 0 Å². The molecule has 2 aromatic rings. The first-order valence-corrected chi connectivity index (χ1v) is 6.28. The summed E-state index contributed by atoms with van der Waals surface area (Å²) in [7, 11) is 0. The zero-order chi connectivity index (χ0) is 10.1. The first kappa shape index (κ1) is 10.0. The Labute approximate surface area is 100 Å². The highest BCUT2D eigenvalue weighted by Crippen LogP contribution is 2.38. The molecule has 0 bridgehead atoms. The van der Waals surface area contributed by atoms with Gasteiger partial charge in [0.25, 0.3) is 0 Å². The van der Waals surface area contributed by atoms with E-state index >= 15 is 0 Å². The van der Waals surface area contributed by atoms with Gasteiger partial charge >= 0.3 is 0 Å². The van der Waals surface area contributed by atoms with Crippen molar-refractivity contribution in [3.05, 3.63) is 21.1 Å². The third-order valence-electron chi connectivity index (χ3n) is 1.97. The molecule has 74 valence electrons. The van der Waals surface area contributed by atoms with Crippen LogP contribution in [0.2, 0.25) is 0 Å². The molecule has 0 aliphatic heterocycles. The van der Waals surface area contributed by atoms with Crippen molar-refractivity contribution in [1.82, 2.24) is 0 Å². The van der Waals surface area contributed by atoms with Crippen LogP contribution in [0.1, 0.15) is 6.92 Å². The number of anilines is 1. The highest BCUT2D eigenvalue weighted by Gasteiger charge is 2.09. The average Bonchev–Trinajstić information content (AvgIpc) is 2.53. The monoisotopic (exact) mass is 319 g/mol. The van der Waals surface area contributed by atoms with E-state index in [1.54, 1.807) is 11.3 Å². The fourth-order valence-electron chi connectivity index (χ4n) is 1.35. The van der Waals surface area contributed by atoms with Crippen LogP contribution in [-0.2, 0) is 0 Å². The summed E-state index contributed by atoms with van der Waals surface area (Å²) in [5.74, 6) is 0.831. The summed E-state index contributed by atoms with van der Waals surface area (Å²) in [6.07, 6.45) is 0. The van der Waals surface area contributed by atoms with Gasteiger partial charge < -0.3 is 10.5 Å². The number of rotatable bonds is 2. The Morgan fingerprint density at radius 2 is 2.29 bits per heavy atom. The van der Waals surface area contributed by atoms with Gasteiger partial charge in [-0.2, -0.15) is 0 Å². The molecule has 0 atom stereocenters. The molecule has 2 rings (SSSR count). The van der Waals surface area contributed by atoms with E-state index < -0.39 is 0 Å². The van der Waals surface area contributed by atoms with Gasteiger partial charge in [-0.3, -0.25) is 0 Å². The molecule has 1 aromatic heterocycles. The Kier molecular flexibility index (Phi) is 2.83. The maximum Gasteiger partial charge on any atom is 0.159 e. The molecule has 2 nitrogen and oxygen atoms in total. The SMILES string of the molecule is CCOc1c(N)ccc2c(I)csc12. The zero-order valence-electron chi connectivity index (χ0n) is 7.71. The molecule has 0 fully saturated rings. The number of hydrogen-bond acceptors (Lipinski definition) is 3. The highest BCUT2D eigenvalue weighted by atomic mass is 127. The molecule has 0 saturated carbocycles. The summed E-state index contributed by atoms with van der Waals surface area (Å²) in [5, 5.41) is 3.35. The number of nitrogen functional groups attached to an aromatic ring is 1. The Balaban J connectivity index is 2.70. The molecular weight excluding hydrogens is 309 g/mol. The van der Waals surface area contributed by atoms with E-state index in [4.69, 9.17) is 10.5 Å². The molecule has 0 aliphatic carbocycles. The number of benzene rings is 1. The van der Waals surface area contributed by atoms with Crippen molar-refractivity contribution in [2.45, 2.75) is 6.92 Å². The van der Waals surface area contributed by atoms with Crippen molar-refractivity contribution >= 4 is 49.7 Å². The summed E-state index contributed by atoms with van der Waals surface area (Å²) >= 11 is 4.01. The second-order valence-corrected chi connectivity index (χ2v) is 4.92. The van der Waals surface area contributed by atoms with E-state index in [-0.39, 0.29) is 0 Å². The molecule has 14 heavy (non-hydrogen) atoms. The van der Waals surface area contributed by atoms with Gasteiger partial charge in [0.05, 0.1) is 17.0 Å². The van der Waals surface area contributed by atoms with Gasteiger partial charge in [0.2, 0.25) is 0 Å². The van der Waals surface area contributed by atoms with Crippen molar-refractivity contribution in [2.24, 2.45) is 0 Å². The fraction of sp³-hybridized carbons (Fsp3) is 0.200. The zero-order valence-corrected chi connectivity index (χ0v) is 10.7. The maximum absolute atomic E-state index is 5.86. The second kappa shape index (κ2) is 3.94. The molecule has 4 heteroatoms. The number of hydrogen-bond donors (Lipinski definition) is 1. The molecule has 0 radical (unpaired) electrons. The Morgan fingerprint density at radius 1 is 1.50 bits per heavy atom. The minimum absolute atomic E-state index is 0.651. The number of thiophene rings is 1. The van der Waals surface area contributed by atoms with Gasteiger partial charge in [-0.1, -0.05) is 6.07 Å². The van der Waals surface area contributed by atoms with Crippen LogP contribution >= 0.6 is 33.9 Å². The van der Waals surface area contributed by atoms with E-state index in [0.29, 0.717) is 6.61 Å². The fourth-order valence-corrected chi connectivity index (χ4v) is 3.30. The Bertz CT molecular complexity index is 466. The molecule has 0 spiro atoms. The number of halogens is 1. The third kappa shape index (κ3) is 1.56. The highest BCUT2D eigenvalue weighted by molar-refractivity contribution is 14.1. The number of fused-ring (bicyclic) bond motifs is 1. The topological polar surface area (TPSA) is 35.2 Å².